The standard InChI is InChI=1S/C17H24N2O5/c1-3-23-16(21)10-9-14(17(22)24-4-2)19-15(20)11-12-5-7-13(18)8-6-12/h5-8,14H,3-4,9-11,18H2,1-2H3,(H,19,20). The minimum Gasteiger partial charge on any atom is -0.466 e. The van der Waals surface area contributed by atoms with Gasteiger partial charge in [0.05, 0.1) is 19.6 Å². The predicted octanol–water partition coefficient (Wildman–Crippen LogP) is 1.20. The Kier molecular flexibility index (Phi) is 8.32. The quantitative estimate of drug-likeness (QED) is 0.518. The number of ether oxygens (including phenoxy) is 2. The van der Waals surface area contributed by atoms with E-state index in [4.69, 9.17) is 15.2 Å². The lowest BCUT2D eigenvalue weighted by molar-refractivity contribution is -0.148. The maximum Gasteiger partial charge on any atom is 0.328 e. The van der Waals surface area contributed by atoms with Gasteiger partial charge in [0, 0.05) is 12.1 Å². The van der Waals surface area contributed by atoms with E-state index in [0.29, 0.717) is 5.69 Å². The second kappa shape index (κ2) is 10.3. The van der Waals surface area contributed by atoms with Gasteiger partial charge < -0.3 is 20.5 Å². The number of esters is 2. The number of nitrogens with two attached hydrogens (primary N) is 1. The van der Waals surface area contributed by atoms with Crippen molar-refractivity contribution >= 4 is 23.5 Å². The topological polar surface area (TPSA) is 108 Å². The first-order valence-electron chi connectivity index (χ1n) is 7.92. The lowest BCUT2D eigenvalue weighted by Crippen LogP contribution is -2.43. The van der Waals surface area contributed by atoms with Crippen LogP contribution in [-0.2, 0) is 30.3 Å². The lowest BCUT2D eigenvalue weighted by atomic mass is 10.1. The third-order valence-electron chi connectivity index (χ3n) is 3.19. The van der Waals surface area contributed by atoms with E-state index in [1.807, 2.05) is 0 Å². The van der Waals surface area contributed by atoms with Crippen LogP contribution in [-0.4, -0.2) is 37.1 Å². The third-order valence-corrected chi connectivity index (χ3v) is 3.19. The molecule has 0 aliphatic heterocycles. The smallest absolute Gasteiger partial charge is 0.328 e. The van der Waals surface area contributed by atoms with Crippen LogP contribution in [0.3, 0.4) is 0 Å². The van der Waals surface area contributed by atoms with Crippen molar-refractivity contribution in [3.63, 3.8) is 0 Å². The number of nitrogens with one attached hydrogen (secondary N) is 1. The molecule has 132 valence electrons. The summed E-state index contributed by atoms with van der Waals surface area (Å²) in [6, 6.07) is 6.01. The molecule has 0 heterocycles. The molecule has 0 saturated carbocycles. The lowest BCUT2D eigenvalue weighted by Gasteiger charge is -2.17. The SMILES string of the molecule is CCOC(=O)CCC(NC(=O)Cc1ccc(N)cc1)C(=O)OCC. The molecular weight excluding hydrogens is 312 g/mol. The zero-order valence-corrected chi connectivity index (χ0v) is 14.0. The van der Waals surface area contributed by atoms with Gasteiger partial charge in [-0.2, -0.15) is 0 Å². The van der Waals surface area contributed by atoms with Gasteiger partial charge in [0.1, 0.15) is 6.04 Å². The van der Waals surface area contributed by atoms with Crippen LogP contribution < -0.4 is 11.1 Å². The van der Waals surface area contributed by atoms with Gasteiger partial charge in [-0.25, -0.2) is 4.79 Å². The fourth-order valence-corrected chi connectivity index (χ4v) is 2.05. The largest absolute Gasteiger partial charge is 0.466 e. The number of hydrogen-bond acceptors (Lipinski definition) is 6. The summed E-state index contributed by atoms with van der Waals surface area (Å²) >= 11 is 0. The zero-order chi connectivity index (χ0) is 17.9. The first-order valence-corrected chi connectivity index (χ1v) is 7.92. The summed E-state index contributed by atoms with van der Waals surface area (Å²) in [5.74, 6) is -1.31. The number of rotatable bonds is 9. The summed E-state index contributed by atoms with van der Waals surface area (Å²) in [5.41, 5.74) is 6.98. The molecule has 0 saturated heterocycles. The summed E-state index contributed by atoms with van der Waals surface area (Å²) in [7, 11) is 0. The first kappa shape index (κ1) is 19.5. The average Bonchev–Trinajstić information content (AvgIpc) is 2.54. The highest BCUT2D eigenvalue weighted by Gasteiger charge is 2.23. The van der Waals surface area contributed by atoms with E-state index < -0.39 is 18.0 Å². The maximum absolute atomic E-state index is 12.1. The van der Waals surface area contributed by atoms with Crippen molar-refractivity contribution in [1.29, 1.82) is 0 Å². The van der Waals surface area contributed by atoms with Gasteiger partial charge in [-0.1, -0.05) is 12.1 Å². The predicted molar refractivity (Wildman–Crippen MR) is 89.0 cm³/mol. The first-order chi connectivity index (χ1) is 11.5. The number of amides is 1. The number of benzene rings is 1. The summed E-state index contributed by atoms with van der Waals surface area (Å²) < 4.78 is 9.77. The van der Waals surface area contributed by atoms with Crippen molar-refractivity contribution in [2.24, 2.45) is 0 Å². The molecule has 0 aliphatic rings. The molecule has 0 spiro atoms. The third kappa shape index (κ3) is 7.13. The van der Waals surface area contributed by atoms with E-state index in [9.17, 15) is 14.4 Å². The number of nitrogen functional groups attached to an aromatic ring is 1. The summed E-state index contributed by atoms with van der Waals surface area (Å²) in [6.45, 7) is 3.85. The van der Waals surface area contributed by atoms with E-state index in [-0.39, 0.29) is 38.4 Å². The molecule has 0 bridgehead atoms. The van der Waals surface area contributed by atoms with Crippen LogP contribution in [0, 0.1) is 0 Å². The molecule has 7 heteroatoms. The van der Waals surface area contributed by atoms with Crippen LogP contribution in [0.1, 0.15) is 32.3 Å². The Morgan fingerprint density at radius 2 is 1.71 bits per heavy atom. The zero-order valence-electron chi connectivity index (χ0n) is 14.0. The van der Waals surface area contributed by atoms with Crippen LogP contribution in [0.25, 0.3) is 0 Å². The number of carbonyl (C=O) groups excluding carboxylic acids is 3. The highest BCUT2D eigenvalue weighted by Crippen LogP contribution is 2.07. The van der Waals surface area contributed by atoms with Crippen molar-refractivity contribution in [2.75, 3.05) is 18.9 Å². The van der Waals surface area contributed by atoms with Crippen LogP contribution in [0.5, 0.6) is 0 Å². The summed E-state index contributed by atoms with van der Waals surface area (Å²) in [4.78, 5) is 35.5. The summed E-state index contributed by atoms with van der Waals surface area (Å²) in [6.07, 6.45) is 0.264. The fourth-order valence-electron chi connectivity index (χ4n) is 2.05. The van der Waals surface area contributed by atoms with Gasteiger partial charge >= 0.3 is 11.9 Å². The number of anilines is 1. The van der Waals surface area contributed by atoms with E-state index in [2.05, 4.69) is 5.32 Å². The van der Waals surface area contributed by atoms with Gasteiger partial charge in [0.15, 0.2) is 0 Å². The van der Waals surface area contributed by atoms with Crippen LogP contribution in [0.15, 0.2) is 24.3 Å². The fraction of sp³-hybridized carbons (Fsp3) is 0.471. The summed E-state index contributed by atoms with van der Waals surface area (Å²) in [5, 5.41) is 2.61. The second-order valence-electron chi connectivity index (χ2n) is 5.13. The van der Waals surface area contributed by atoms with Crippen molar-refractivity contribution < 1.29 is 23.9 Å². The molecule has 0 radical (unpaired) electrons. The normalized spacial score (nSPS) is 11.4. The highest BCUT2D eigenvalue weighted by atomic mass is 16.5. The molecule has 7 nitrogen and oxygen atoms in total. The monoisotopic (exact) mass is 336 g/mol. The Morgan fingerprint density at radius 3 is 2.29 bits per heavy atom. The maximum atomic E-state index is 12.1. The Bertz CT molecular complexity index is 557. The van der Waals surface area contributed by atoms with Crippen LogP contribution in [0.4, 0.5) is 5.69 Å². The van der Waals surface area contributed by atoms with E-state index >= 15 is 0 Å². The van der Waals surface area contributed by atoms with Gasteiger partial charge in [-0.05, 0) is 38.0 Å². The molecule has 0 aliphatic carbocycles. The minimum absolute atomic E-state index is 0.0273. The molecule has 1 unspecified atom stereocenters. The van der Waals surface area contributed by atoms with Gasteiger partial charge in [-0.3, -0.25) is 9.59 Å². The highest BCUT2D eigenvalue weighted by molar-refractivity contribution is 5.86. The molecule has 1 aromatic rings. The van der Waals surface area contributed by atoms with Gasteiger partial charge in [0.25, 0.3) is 0 Å². The molecule has 0 fully saturated rings. The van der Waals surface area contributed by atoms with Crippen molar-refractivity contribution in [2.45, 2.75) is 39.2 Å². The van der Waals surface area contributed by atoms with Crippen LogP contribution >= 0.6 is 0 Å². The van der Waals surface area contributed by atoms with E-state index in [1.54, 1.807) is 38.1 Å². The molecule has 1 amide bonds. The molecule has 0 aromatic heterocycles. The number of carbonyl (C=O) groups is 3. The van der Waals surface area contributed by atoms with E-state index in [0.717, 1.165) is 5.56 Å². The minimum atomic E-state index is -0.879. The molecule has 1 atom stereocenters. The molecular formula is C17H24N2O5. The van der Waals surface area contributed by atoms with Gasteiger partial charge in [0.2, 0.25) is 5.91 Å². The molecule has 3 N–H and O–H groups in total. The molecule has 1 aromatic carbocycles. The van der Waals surface area contributed by atoms with Crippen molar-refractivity contribution in [1.82, 2.24) is 5.32 Å². The van der Waals surface area contributed by atoms with E-state index in [1.165, 1.54) is 0 Å². The Morgan fingerprint density at radius 1 is 1.08 bits per heavy atom. The molecule has 24 heavy (non-hydrogen) atoms. The second-order valence-corrected chi connectivity index (χ2v) is 5.13. The Hall–Kier alpha value is -2.57. The Labute approximate surface area is 141 Å². The van der Waals surface area contributed by atoms with Crippen molar-refractivity contribution in [3.05, 3.63) is 29.8 Å². The van der Waals surface area contributed by atoms with Crippen LogP contribution in [0.2, 0.25) is 0 Å². The molecule has 1 rings (SSSR count). The average molecular weight is 336 g/mol. The number of hydrogen-bond donors (Lipinski definition) is 2. The van der Waals surface area contributed by atoms with Gasteiger partial charge in [-0.15, -0.1) is 0 Å². The Balaban J connectivity index is 2.61. The van der Waals surface area contributed by atoms with Crippen molar-refractivity contribution in [3.8, 4) is 0 Å².